The van der Waals surface area contributed by atoms with Crippen LogP contribution in [0.1, 0.15) is 5.56 Å². The Morgan fingerprint density at radius 3 is 2.44 bits per heavy atom. The number of methoxy groups -OCH3 is 3. The summed E-state index contributed by atoms with van der Waals surface area (Å²) in [6.07, 6.45) is 0. The van der Waals surface area contributed by atoms with Crippen molar-refractivity contribution in [1.82, 2.24) is 4.98 Å². The van der Waals surface area contributed by atoms with Crippen LogP contribution in [-0.2, 0) is 4.74 Å². The lowest BCUT2D eigenvalue weighted by Gasteiger charge is -2.13. The third-order valence-corrected chi connectivity index (χ3v) is 5.62. The van der Waals surface area contributed by atoms with E-state index in [-0.39, 0.29) is 6.79 Å². The maximum absolute atomic E-state index is 5.61. The molecule has 1 aromatic heterocycles. The summed E-state index contributed by atoms with van der Waals surface area (Å²) in [5.41, 5.74) is 2.58. The first-order valence-corrected chi connectivity index (χ1v) is 9.05. The molecule has 0 amide bonds. The van der Waals surface area contributed by atoms with Gasteiger partial charge in [0.15, 0.2) is 23.0 Å². The van der Waals surface area contributed by atoms with Gasteiger partial charge in [-0.2, -0.15) is 0 Å². The predicted octanol–water partition coefficient (Wildman–Crippen LogP) is 4.10. The quantitative estimate of drug-likeness (QED) is 0.717. The molecular weight excluding hydrogens is 368 g/mol. The van der Waals surface area contributed by atoms with E-state index in [1.54, 1.807) is 33.1 Å². The maximum atomic E-state index is 5.61. The van der Waals surface area contributed by atoms with Crippen LogP contribution in [-0.4, -0.2) is 39.0 Å². The number of H-pyrrole nitrogens is 1. The van der Waals surface area contributed by atoms with Crippen molar-refractivity contribution in [2.75, 3.05) is 28.1 Å². The van der Waals surface area contributed by atoms with E-state index < -0.39 is 0 Å². The molecule has 0 unspecified atom stereocenters. The van der Waals surface area contributed by atoms with Crippen LogP contribution in [0.3, 0.4) is 0 Å². The number of benzene rings is 2. The van der Waals surface area contributed by atoms with Crippen LogP contribution in [0.2, 0.25) is 0 Å². The van der Waals surface area contributed by atoms with Crippen LogP contribution in [0.4, 0.5) is 5.69 Å². The molecule has 0 atom stereocenters. The molecule has 0 spiro atoms. The summed E-state index contributed by atoms with van der Waals surface area (Å²) in [4.78, 5) is 9.18. The Labute approximate surface area is 159 Å². The Morgan fingerprint density at radius 2 is 1.70 bits per heavy atom. The molecule has 0 radical (unpaired) electrons. The third-order valence-electron chi connectivity index (χ3n) is 4.57. The van der Waals surface area contributed by atoms with E-state index in [2.05, 4.69) is 4.98 Å². The number of hydrogen-bond donors (Lipinski definition) is 1. The highest BCUT2D eigenvalue weighted by Crippen LogP contribution is 2.48. The molecular formula is C19H16N2O5S. The normalized spacial score (nSPS) is 14.3. The van der Waals surface area contributed by atoms with E-state index in [1.165, 1.54) is 0 Å². The molecule has 27 heavy (non-hydrogen) atoms. The fourth-order valence-electron chi connectivity index (χ4n) is 3.27. The number of nitrogens with zero attached hydrogens (tertiary/aromatic N) is 1. The number of ether oxygens (including phenoxy) is 5. The van der Waals surface area contributed by atoms with E-state index in [4.69, 9.17) is 28.7 Å². The van der Waals surface area contributed by atoms with Crippen molar-refractivity contribution < 1.29 is 23.7 Å². The van der Waals surface area contributed by atoms with Crippen LogP contribution in [0.5, 0.6) is 23.0 Å². The highest BCUT2D eigenvalue weighted by Gasteiger charge is 2.26. The highest BCUT2D eigenvalue weighted by atomic mass is 32.2. The van der Waals surface area contributed by atoms with Crippen molar-refractivity contribution in [2.24, 2.45) is 4.99 Å². The average Bonchev–Trinajstić information content (AvgIpc) is 3.23. The van der Waals surface area contributed by atoms with Gasteiger partial charge < -0.3 is 28.7 Å². The summed E-state index contributed by atoms with van der Waals surface area (Å²) in [6.45, 7) is 0.233. The molecule has 1 N–H and O–H groups in total. The zero-order valence-electron chi connectivity index (χ0n) is 14.9. The zero-order valence-corrected chi connectivity index (χ0v) is 15.7. The molecule has 2 aliphatic rings. The zero-order chi connectivity index (χ0) is 18.5. The van der Waals surface area contributed by atoms with Gasteiger partial charge in [-0.3, -0.25) is 0 Å². The Morgan fingerprint density at radius 1 is 0.963 bits per heavy atom. The highest BCUT2D eigenvalue weighted by molar-refractivity contribution is 7.99. The fourth-order valence-corrected chi connectivity index (χ4v) is 4.32. The second-order valence-corrected chi connectivity index (χ2v) is 7.03. The number of fused-ring (bicyclic) bond motifs is 5. The van der Waals surface area contributed by atoms with Crippen molar-refractivity contribution in [2.45, 2.75) is 9.92 Å². The van der Waals surface area contributed by atoms with Crippen LogP contribution in [0.15, 0.2) is 39.2 Å². The van der Waals surface area contributed by atoms with Gasteiger partial charge in [0.05, 0.1) is 32.4 Å². The van der Waals surface area contributed by atoms with Crippen molar-refractivity contribution in [3.05, 3.63) is 29.8 Å². The average molecular weight is 384 g/mol. The van der Waals surface area contributed by atoms with Gasteiger partial charge in [0.1, 0.15) is 10.7 Å². The standard InChI is InChI=1S/C19H16N2O5S/c1-22-12-5-10-16(7-13(12)23-2)27-19-17(21-18(10)24-3)9-4-14-15(26-8-25-14)6-11(9)20-19/h4-7,20H,8H2,1-3H3. The Hall–Kier alpha value is -3.00. The summed E-state index contributed by atoms with van der Waals surface area (Å²) >= 11 is 1.57. The number of aromatic nitrogens is 1. The second kappa shape index (κ2) is 6.02. The van der Waals surface area contributed by atoms with Crippen LogP contribution in [0.25, 0.3) is 10.9 Å². The van der Waals surface area contributed by atoms with Gasteiger partial charge in [-0.05, 0) is 18.2 Å². The first kappa shape index (κ1) is 16.2. The molecule has 0 aliphatic carbocycles. The van der Waals surface area contributed by atoms with Gasteiger partial charge in [-0.15, -0.1) is 0 Å². The summed E-state index contributed by atoms with van der Waals surface area (Å²) in [5.74, 6) is 3.23. The number of nitrogens with one attached hydrogen (secondary N) is 1. The number of aromatic amines is 1. The molecule has 8 heteroatoms. The molecule has 0 saturated carbocycles. The van der Waals surface area contributed by atoms with E-state index in [9.17, 15) is 0 Å². The largest absolute Gasteiger partial charge is 0.493 e. The number of rotatable bonds is 2. The molecule has 0 saturated heterocycles. The SMILES string of the molecule is COC1=Nc2c([nH]c3cc4c(cc23)OCO4)Sc2cc(OC)c(OC)cc21. The van der Waals surface area contributed by atoms with Gasteiger partial charge >= 0.3 is 0 Å². The summed E-state index contributed by atoms with van der Waals surface area (Å²) < 4.78 is 27.5. The van der Waals surface area contributed by atoms with E-state index in [1.807, 2.05) is 24.3 Å². The lowest BCUT2D eigenvalue weighted by molar-refractivity contribution is 0.174. The van der Waals surface area contributed by atoms with Gasteiger partial charge in [-0.1, -0.05) is 11.8 Å². The summed E-state index contributed by atoms with van der Waals surface area (Å²) in [5, 5.41) is 1.86. The number of hydrogen-bond acceptors (Lipinski definition) is 7. The molecule has 2 aromatic carbocycles. The van der Waals surface area contributed by atoms with Crippen LogP contribution in [0, 0.1) is 0 Å². The fraction of sp³-hybridized carbons (Fsp3) is 0.211. The van der Waals surface area contributed by atoms with Crippen molar-refractivity contribution >= 4 is 34.2 Å². The molecule has 138 valence electrons. The van der Waals surface area contributed by atoms with Gasteiger partial charge in [0, 0.05) is 16.3 Å². The Bertz CT molecular complexity index is 1110. The smallest absolute Gasteiger partial charge is 0.231 e. The molecule has 5 rings (SSSR count). The third kappa shape index (κ3) is 2.40. The molecule has 7 nitrogen and oxygen atoms in total. The first-order valence-electron chi connectivity index (χ1n) is 8.24. The topological polar surface area (TPSA) is 74.3 Å². The number of aliphatic imine (C=N–C) groups is 1. The maximum Gasteiger partial charge on any atom is 0.231 e. The van der Waals surface area contributed by atoms with Gasteiger partial charge in [0.25, 0.3) is 0 Å². The minimum Gasteiger partial charge on any atom is -0.493 e. The lowest BCUT2D eigenvalue weighted by atomic mass is 10.2. The molecule has 3 heterocycles. The van der Waals surface area contributed by atoms with E-state index >= 15 is 0 Å². The Kier molecular flexibility index (Phi) is 3.61. The predicted molar refractivity (Wildman–Crippen MR) is 101 cm³/mol. The van der Waals surface area contributed by atoms with E-state index in [0.717, 1.165) is 37.8 Å². The van der Waals surface area contributed by atoms with Crippen molar-refractivity contribution in [3.63, 3.8) is 0 Å². The second-order valence-electron chi connectivity index (χ2n) is 5.98. The minimum atomic E-state index is 0.233. The van der Waals surface area contributed by atoms with Gasteiger partial charge in [-0.25, -0.2) is 4.99 Å². The Balaban J connectivity index is 1.74. The van der Waals surface area contributed by atoms with Crippen molar-refractivity contribution in [1.29, 1.82) is 0 Å². The van der Waals surface area contributed by atoms with Crippen molar-refractivity contribution in [3.8, 4) is 23.0 Å². The molecule has 3 aromatic rings. The van der Waals surface area contributed by atoms with Gasteiger partial charge in [0.2, 0.25) is 12.7 Å². The first-order chi connectivity index (χ1) is 13.2. The molecule has 0 fully saturated rings. The van der Waals surface area contributed by atoms with E-state index in [0.29, 0.717) is 23.1 Å². The monoisotopic (exact) mass is 384 g/mol. The minimum absolute atomic E-state index is 0.233. The summed E-state index contributed by atoms with van der Waals surface area (Å²) in [6, 6.07) is 7.69. The molecule has 2 aliphatic heterocycles. The summed E-state index contributed by atoms with van der Waals surface area (Å²) in [7, 11) is 4.84. The van der Waals surface area contributed by atoms with Crippen LogP contribution >= 0.6 is 11.8 Å². The molecule has 0 bridgehead atoms. The lowest BCUT2D eigenvalue weighted by Crippen LogP contribution is -2.05. The van der Waals surface area contributed by atoms with Crippen LogP contribution < -0.4 is 18.9 Å².